The number of aromatic nitrogens is 2. The van der Waals surface area contributed by atoms with Gasteiger partial charge in [-0.05, 0) is 31.4 Å². The summed E-state index contributed by atoms with van der Waals surface area (Å²) < 4.78 is 11.4. The molecule has 0 atom stereocenters. The Balaban J connectivity index is 1.51. The van der Waals surface area contributed by atoms with Gasteiger partial charge in [-0.2, -0.15) is 0 Å². The standard InChI is InChI=1S/C18H21N3O3/c1-12-8-14(10-19-9-12)18(22)21-5-2-16-15(11-21)20-17(24-16)13-3-6-23-7-4-13/h8-10,13H,2-7,11H2,1H3. The van der Waals surface area contributed by atoms with E-state index in [1.165, 1.54) is 0 Å². The molecule has 0 bridgehead atoms. The summed E-state index contributed by atoms with van der Waals surface area (Å²) in [6.45, 7) is 4.64. The first-order valence-corrected chi connectivity index (χ1v) is 8.48. The second kappa shape index (κ2) is 6.36. The van der Waals surface area contributed by atoms with Gasteiger partial charge in [0.2, 0.25) is 0 Å². The summed E-state index contributed by atoms with van der Waals surface area (Å²) in [5, 5.41) is 0. The van der Waals surface area contributed by atoms with Crippen molar-refractivity contribution in [3.8, 4) is 0 Å². The molecule has 6 nitrogen and oxygen atoms in total. The molecule has 6 heteroatoms. The van der Waals surface area contributed by atoms with Gasteiger partial charge in [-0.25, -0.2) is 4.98 Å². The van der Waals surface area contributed by atoms with E-state index in [2.05, 4.69) is 9.97 Å². The van der Waals surface area contributed by atoms with Crippen LogP contribution in [-0.4, -0.2) is 40.5 Å². The van der Waals surface area contributed by atoms with Crippen LogP contribution >= 0.6 is 0 Å². The molecule has 126 valence electrons. The van der Waals surface area contributed by atoms with E-state index in [0.29, 0.717) is 24.6 Å². The fourth-order valence-electron chi connectivity index (χ4n) is 3.37. The molecule has 1 fully saturated rings. The smallest absolute Gasteiger partial charge is 0.255 e. The molecule has 0 saturated carbocycles. The number of carbonyl (C=O) groups is 1. The van der Waals surface area contributed by atoms with Crippen molar-refractivity contribution >= 4 is 5.91 Å². The fourth-order valence-corrected chi connectivity index (χ4v) is 3.37. The highest BCUT2D eigenvalue weighted by Crippen LogP contribution is 2.30. The zero-order valence-electron chi connectivity index (χ0n) is 13.8. The number of fused-ring (bicyclic) bond motifs is 1. The molecule has 0 aromatic carbocycles. The lowest BCUT2D eigenvalue weighted by molar-refractivity contribution is 0.0725. The number of hydrogen-bond donors (Lipinski definition) is 0. The van der Waals surface area contributed by atoms with Crippen LogP contribution in [0.1, 0.15) is 52.0 Å². The fraction of sp³-hybridized carbons (Fsp3) is 0.500. The summed E-state index contributed by atoms with van der Waals surface area (Å²) in [5.74, 6) is 2.10. The Morgan fingerprint density at radius 2 is 2.12 bits per heavy atom. The largest absolute Gasteiger partial charge is 0.445 e. The minimum atomic E-state index is 0.00691. The molecule has 2 aliphatic heterocycles. The molecule has 24 heavy (non-hydrogen) atoms. The van der Waals surface area contributed by atoms with Gasteiger partial charge in [0.05, 0.1) is 12.1 Å². The Bertz CT molecular complexity index is 750. The number of pyridine rings is 1. The van der Waals surface area contributed by atoms with Crippen LogP contribution in [0.3, 0.4) is 0 Å². The third kappa shape index (κ3) is 2.94. The SMILES string of the molecule is Cc1cncc(C(=O)N2CCc3oc(C4CCOCC4)nc3C2)c1. The van der Waals surface area contributed by atoms with E-state index in [1.54, 1.807) is 12.4 Å². The Hall–Kier alpha value is -2.21. The van der Waals surface area contributed by atoms with Crippen molar-refractivity contribution in [3.63, 3.8) is 0 Å². The number of rotatable bonds is 2. The monoisotopic (exact) mass is 327 g/mol. The molecule has 2 aromatic rings. The molecule has 2 aromatic heterocycles. The Kier molecular flexibility index (Phi) is 4.06. The van der Waals surface area contributed by atoms with Crippen LogP contribution in [0.25, 0.3) is 0 Å². The van der Waals surface area contributed by atoms with Crippen LogP contribution in [0.2, 0.25) is 0 Å². The van der Waals surface area contributed by atoms with Gasteiger partial charge in [-0.1, -0.05) is 0 Å². The lowest BCUT2D eigenvalue weighted by Gasteiger charge is -2.25. The molecule has 1 amide bonds. The number of hydrogen-bond acceptors (Lipinski definition) is 5. The number of carbonyl (C=O) groups excluding carboxylic acids is 1. The number of ether oxygens (including phenoxy) is 1. The maximum absolute atomic E-state index is 12.7. The first-order chi connectivity index (χ1) is 11.7. The quantitative estimate of drug-likeness (QED) is 0.847. The highest BCUT2D eigenvalue weighted by molar-refractivity contribution is 5.94. The van der Waals surface area contributed by atoms with Crippen LogP contribution in [-0.2, 0) is 17.7 Å². The van der Waals surface area contributed by atoms with Crippen molar-refractivity contribution in [1.82, 2.24) is 14.9 Å². The normalized spacial score (nSPS) is 18.5. The molecular formula is C18H21N3O3. The molecule has 4 heterocycles. The maximum atomic E-state index is 12.7. The number of aryl methyl sites for hydroxylation is 1. The minimum Gasteiger partial charge on any atom is -0.445 e. The molecule has 0 spiro atoms. The second-order valence-corrected chi connectivity index (χ2v) is 6.54. The highest BCUT2D eigenvalue weighted by atomic mass is 16.5. The lowest BCUT2D eigenvalue weighted by atomic mass is 10.0. The molecule has 4 rings (SSSR count). The van der Waals surface area contributed by atoms with Crippen LogP contribution in [0.5, 0.6) is 0 Å². The maximum Gasteiger partial charge on any atom is 0.255 e. The van der Waals surface area contributed by atoms with Gasteiger partial charge in [0.25, 0.3) is 5.91 Å². The predicted octanol–water partition coefficient (Wildman–Crippen LogP) is 2.47. The van der Waals surface area contributed by atoms with Gasteiger partial charge in [-0.15, -0.1) is 0 Å². The van der Waals surface area contributed by atoms with Gasteiger partial charge < -0.3 is 14.1 Å². The summed E-state index contributed by atoms with van der Waals surface area (Å²) in [6.07, 6.45) is 6.01. The molecule has 0 unspecified atom stereocenters. The Morgan fingerprint density at radius 3 is 2.92 bits per heavy atom. The molecule has 0 radical (unpaired) electrons. The van der Waals surface area contributed by atoms with Gasteiger partial charge in [0.15, 0.2) is 5.89 Å². The summed E-state index contributed by atoms with van der Waals surface area (Å²) >= 11 is 0. The van der Waals surface area contributed by atoms with E-state index >= 15 is 0 Å². The van der Waals surface area contributed by atoms with Crippen LogP contribution < -0.4 is 0 Å². The van der Waals surface area contributed by atoms with Gasteiger partial charge in [0.1, 0.15) is 11.5 Å². The average Bonchev–Trinajstić information content (AvgIpc) is 3.05. The zero-order valence-corrected chi connectivity index (χ0v) is 13.8. The minimum absolute atomic E-state index is 0.00691. The van der Waals surface area contributed by atoms with Crippen molar-refractivity contribution in [2.45, 2.75) is 38.6 Å². The van der Waals surface area contributed by atoms with Crippen molar-refractivity contribution in [3.05, 3.63) is 46.9 Å². The van der Waals surface area contributed by atoms with E-state index in [1.807, 2.05) is 17.9 Å². The van der Waals surface area contributed by atoms with E-state index in [0.717, 1.165) is 55.4 Å². The third-order valence-corrected chi connectivity index (χ3v) is 4.72. The molecule has 0 N–H and O–H groups in total. The predicted molar refractivity (Wildman–Crippen MR) is 86.7 cm³/mol. The average molecular weight is 327 g/mol. The van der Waals surface area contributed by atoms with Gasteiger partial charge in [-0.3, -0.25) is 9.78 Å². The summed E-state index contributed by atoms with van der Waals surface area (Å²) in [7, 11) is 0. The van der Waals surface area contributed by atoms with Crippen molar-refractivity contribution in [2.24, 2.45) is 0 Å². The molecule has 2 aliphatic rings. The molecular weight excluding hydrogens is 306 g/mol. The second-order valence-electron chi connectivity index (χ2n) is 6.54. The van der Waals surface area contributed by atoms with Crippen LogP contribution in [0.4, 0.5) is 0 Å². The van der Waals surface area contributed by atoms with E-state index in [-0.39, 0.29) is 5.91 Å². The summed E-state index contributed by atoms with van der Waals surface area (Å²) in [5.41, 5.74) is 2.52. The number of oxazole rings is 1. The highest BCUT2D eigenvalue weighted by Gasteiger charge is 2.29. The topological polar surface area (TPSA) is 68.5 Å². The first-order valence-electron chi connectivity index (χ1n) is 8.48. The first kappa shape index (κ1) is 15.3. The summed E-state index contributed by atoms with van der Waals surface area (Å²) in [4.78, 5) is 23.3. The van der Waals surface area contributed by atoms with Gasteiger partial charge >= 0.3 is 0 Å². The Morgan fingerprint density at radius 1 is 1.29 bits per heavy atom. The van der Waals surface area contributed by atoms with E-state index in [9.17, 15) is 4.79 Å². The van der Waals surface area contributed by atoms with Crippen LogP contribution in [0, 0.1) is 6.92 Å². The number of amides is 1. The van der Waals surface area contributed by atoms with E-state index in [4.69, 9.17) is 9.15 Å². The van der Waals surface area contributed by atoms with Crippen molar-refractivity contribution in [2.75, 3.05) is 19.8 Å². The Labute approximate surface area is 140 Å². The van der Waals surface area contributed by atoms with Gasteiger partial charge in [0, 0.05) is 44.5 Å². The third-order valence-electron chi connectivity index (χ3n) is 4.72. The molecule has 1 saturated heterocycles. The van der Waals surface area contributed by atoms with Crippen molar-refractivity contribution in [1.29, 1.82) is 0 Å². The summed E-state index contributed by atoms with van der Waals surface area (Å²) in [6, 6.07) is 1.88. The van der Waals surface area contributed by atoms with Crippen LogP contribution in [0.15, 0.2) is 22.9 Å². The van der Waals surface area contributed by atoms with E-state index < -0.39 is 0 Å². The lowest BCUT2D eigenvalue weighted by Crippen LogP contribution is -2.35. The zero-order chi connectivity index (χ0) is 16.5. The van der Waals surface area contributed by atoms with Crippen molar-refractivity contribution < 1.29 is 13.9 Å². The number of nitrogens with zero attached hydrogens (tertiary/aromatic N) is 3. The molecule has 0 aliphatic carbocycles.